The van der Waals surface area contributed by atoms with Crippen molar-refractivity contribution in [2.75, 3.05) is 7.11 Å². The smallest absolute Gasteiger partial charge is 0.355 e. The zero-order valence-electron chi connectivity index (χ0n) is 14.2. The first-order valence-corrected chi connectivity index (χ1v) is 7.78. The molecule has 2 aromatic carbocycles. The normalized spacial score (nSPS) is 10.7. The molecule has 0 radical (unpaired) electrons. The topological polar surface area (TPSA) is 65.4 Å². The summed E-state index contributed by atoms with van der Waals surface area (Å²) >= 11 is 0. The first-order valence-electron chi connectivity index (χ1n) is 7.78. The van der Waals surface area contributed by atoms with E-state index in [1.807, 2.05) is 26.0 Å². The number of carbonyl (C=O) groups is 2. The van der Waals surface area contributed by atoms with Crippen LogP contribution in [0.3, 0.4) is 0 Å². The van der Waals surface area contributed by atoms with Gasteiger partial charge in [0.25, 0.3) is 5.91 Å². The highest BCUT2D eigenvalue weighted by molar-refractivity contribution is 6.06. The molecule has 3 aromatic rings. The second kappa shape index (κ2) is 6.36. The van der Waals surface area contributed by atoms with Crippen molar-refractivity contribution in [1.29, 1.82) is 0 Å². The molecule has 0 aliphatic rings. The molecule has 0 saturated carbocycles. The van der Waals surface area contributed by atoms with E-state index in [1.54, 1.807) is 30.3 Å². The van der Waals surface area contributed by atoms with Crippen LogP contribution in [-0.4, -0.2) is 23.6 Å². The molecule has 0 aliphatic heterocycles. The molecule has 0 atom stereocenters. The fraction of sp³-hybridized carbons (Fsp3) is 0.150. The van der Waals surface area contributed by atoms with E-state index < -0.39 is 11.9 Å². The number of aryl methyl sites for hydroxylation is 2. The predicted octanol–water partition coefficient (Wildman–Crippen LogP) is 3.09. The maximum absolute atomic E-state index is 13.1. The predicted molar refractivity (Wildman–Crippen MR) is 95.2 cm³/mol. The summed E-state index contributed by atoms with van der Waals surface area (Å²) < 4.78 is 6.00. The lowest BCUT2D eigenvalue weighted by atomic mass is 10.1. The summed E-state index contributed by atoms with van der Waals surface area (Å²) in [6.45, 7) is 3.78. The van der Waals surface area contributed by atoms with Crippen molar-refractivity contribution < 1.29 is 14.3 Å². The van der Waals surface area contributed by atoms with Gasteiger partial charge in [-0.1, -0.05) is 29.3 Å². The van der Waals surface area contributed by atoms with Crippen molar-refractivity contribution >= 4 is 22.8 Å². The molecule has 5 nitrogen and oxygen atoms in total. The van der Waals surface area contributed by atoms with E-state index in [0.717, 1.165) is 17.2 Å². The zero-order chi connectivity index (χ0) is 18.1. The molecule has 0 bridgehead atoms. The third-order valence-electron chi connectivity index (χ3n) is 4.06. The minimum absolute atomic E-state index is 0.0885. The van der Waals surface area contributed by atoms with Gasteiger partial charge < -0.3 is 4.74 Å². The minimum atomic E-state index is -0.736. The first kappa shape index (κ1) is 16.6. The molecular formula is C20H17NO4. The summed E-state index contributed by atoms with van der Waals surface area (Å²) in [6.07, 6.45) is 0. The van der Waals surface area contributed by atoms with Crippen LogP contribution < -0.4 is 5.43 Å². The molecule has 0 N–H and O–H groups in total. The maximum atomic E-state index is 13.1. The second-order valence-electron chi connectivity index (χ2n) is 5.91. The van der Waals surface area contributed by atoms with Crippen molar-refractivity contribution in [2.24, 2.45) is 0 Å². The molecule has 0 aliphatic carbocycles. The number of aromatic nitrogens is 1. The number of methoxy groups -OCH3 is 1. The Hall–Kier alpha value is -3.21. The third kappa shape index (κ3) is 2.96. The highest BCUT2D eigenvalue weighted by Gasteiger charge is 2.21. The van der Waals surface area contributed by atoms with Crippen molar-refractivity contribution in [3.8, 4) is 0 Å². The van der Waals surface area contributed by atoms with E-state index >= 15 is 0 Å². The number of nitrogens with zero attached hydrogens (tertiary/aromatic N) is 1. The van der Waals surface area contributed by atoms with Crippen LogP contribution in [0, 0.1) is 13.8 Å². The van der Waals surface area contributed by atoms with E-state index in [-0.39, 0.29) is 11.1 Å². The number of carbonyl (C=O) groups excluding carboxylic acids is 2. The summed E-state index contributed by atoms with van der Waals surface area (Å²) in [7, 11) is 1.22. The fourth-order valence-electron chi connectivity index (χ4n) is 2.74. The van der Waals surface area contributed by atoms with Crippen LogP contribution in [0.5, 0.6) is 0 Å². The van der Waals surface area contributed by atoms with Crippen LogP contribution in [0.4, 0.5) is 0 Å². The Labute approximate surface area is 144 Å². The molecule has 5 heteroatoms. The molecule has 0 spiro atoms. The Bertz CT molecular complexity index is 1050. The SMILES string of the molecule is COC(=O)c1cc(=O)c2cc(C)ccc2n1C(=O)c1ccc(C)cc1. The molecule has 0 unspecified atom stereocenters. The van der Waals surface area contributed by atoms with Crippen molar-refractivity contribution in [2.45, 2.75) is 13.8 Å². The third-order valence-corrected chi connectivity index (χ3v) is 4.06. The average Bonchev–Trinajstić information content (AvgIpc) is 2.61. The van der Waals surface area contributed by atoms with Crippen LogP contribution in [0.25, 0.3) is 10.9 Å². The summed E-state index contributed by atoms with van der Waals surface area (Å²) in [5, 5.41) is 0.383. The van der Waals surface area contributed by atoms with Crippen molar-refractivity contribution in [1.82, 2.24) is 4.57 Å². The van der Waals surface area contributed by atoms with Crippen LogP contribution in [0.1, 0.15) is 32.0 Å². The summed E-state index contributed by atoms with van der Waals surface area (Å²) in [5.74, 6) is -1.13. The molecule has 3 rings (SSSR count). The molecule has 0 saturated heterocycles. The van der Waals surface area contributed by atoms with E-state index in [9.17, 15) is 14.4 Å². The fourth-order valence-corrected chi connectivity index (χ4v) is 2.74. The number of rotatable bonds is 2. The monoisotopic (exact) mass is 335 g/mol. The van der Waals surface area contributed by atoms with Crippen LogP contribution in [0.2, 0.25) is 0 Å². The van der Waals surface area contributed by atoms with Gasteiger partial charge in [0, 0.05) is 17.0 Å². The van der Waals surface area contributed by atoms with E-state index in [0.29, 0.717) is 16.5 Å². The largest absolute Gasteiger partial charge is 0.464 e. The molecule has 1 aromatic heterocycles. The van der Waals surface area contributed by atoms with Gasteiger partial charge in [0.2, 0.25) is 0 Å². The van der Waals surface area contributed by atoms with Crippen molar-refractivity contribution in [3.63, 3.8) is 0 Å². The van der Waals surface area contributed by atoms with Crippen LogP contribution in [0.15, 0.2) is 53.3 Å². The Balaban J connectivity index is 2.35. The summed E-state index contributed by atoms with van der Waals surface area (Å²) in [4.78, 5) is 37.6. The molecule has 1 heterocycles. The zero-order valence-corrected chi connectivity index (χ0v) is 14.2. The van der Waals surface area contributed by atoms with Crippen LogP contribution >= 0.6 is 0 Å². The number of esters is 1. The quantitative estimate of drug-likeness (QED) is 0.675. The molecule has 25 heavy (non-hydrogen) atoms. The standard InChI is InChI=1S/C20H17NO4/c1-12-4-7-14(8-5-12)19(23)21-16-9-6-13(2)10-15(16)18(22)11-17(21)20(24)25-3/h4-11H,1-3H3. The molecule has 0 amide bonds. The highest BCUT2D eigenvalue weighted by Crippen LogP contribution is 2.18. The number of hydrogen-bond donors (Lipinski definition) is 0. The number of pyridine rings is 1. The van der Waals surface area contributed by atoms with Gasteiger partial charge in [0.15, 0.2) is 5.43 Å². The van der Waals surface area contributed by atoms with Gasteiger partial charge in [-0.2, -0.15) is 0 Å². The molecule has 0 fully saturated rings. The lowest BCUT2D eigenvalue weighted by Crippen LogP contribution is -2.25. The van der Waals surface area contributed by atoms with Gasteiger partial charge in [-0.15, -0.1) is 0 Å². The number of hydrogen-bond acceptors (Lipinski definition) is 4. The van der Waals surface area contributed by atoms with Crippen LogP contribution in [-0.2, 0) is 4.74 Å². The Kier molecular flexibility index (Phi) is 4.23. The number of benzene rings is 2. The van der Waals surface area contributed by atoms with Gasteiger partial charge in [-0.05, 0) is 38.1 Å². The Morgan fingerprint density at radius 2 is 1.56 bits per heavy atom. The molecule has 126 valence electrons. The highest BCUT2D eigenvalue weighted by atomic mass is 16.5. The Morgan fingerprint density at radius 3 is 2.20 bits per heavy atom. The summed E-state index contributed by atoms with van der Waals surface area (Å²) in [6, 6.07) is 13.3. The molecular weight excluding hydrogens is 318 g/mol. The van der Waals surface area contributed by atoms with E-state index in [4.69, 9.17) is 4.74 Å². The Morgan fingerprint density at radius 1 is 0.920 bits per heavy atom. The second-order valence-corrected chi connectivity index (χ2v) is 5.91. The lowest BCUT2D eigenvalue weighted by Gasteiger charge is -2.14. The van der Waals surface area contributed by atoms with E-state index in [2.05, 4.69) is 0 Å². The maximum Gasteiger partial charge on any atom is 0.355 e. The van der Waals surface area contributed by atoms with Gasteiger partial charge in [-0.3, -0.25) is 14.2 Å². The lowest BCUT2D eigenvalue weighted by molar-refractivity contribution is 0.0583. The summed E-state index contributed by atoms with van der Waals surface area (Å²) in [5.41, 5.74) is 2.29. The van der Waals surface area contributed by atoms with E-state index in [1.165, 1.54) is 11.7 Å². The van der Waals surface area contributed by atoms with Gasteiger partial charge in [0.05, 0.1) is 12.6 Å². The van der Waals surface area contributed by atoms with Gasteiger partial charge in [0.1, 0.15) is 5.69 Å². The van der Waals surface area contributed by atoms with Gasteiger partial charge >= 0.3 is 5.97 Å². The van der Waals surface area contributed by atoms with Crippen molar-refractivity contribution in [3.05, 3.63) is 81.1 Å². The van der Waals surface area contributed by atoms with Gasteiger partial charge in [-0.25, -0.2) is 4.79 Å². The minimum Gasteiger partial charge on any atom is -0.464 e. The number of ether oxygens (including phenoxy) is 1. The number of fused-ring (bicyclic) bond motifs is 1. The average molecular weight is 335 g/mol. The first-order chi connectivity index (χ1) is 11.9.